The first-order valence-electron chi connectivity index (χ1n) is 5.01. The van der Waals surface area contributed by atoms with Crippen molar-refractivity contribution in [3.8, 4) is 0 Å². The monoisotopic (exact) mass is 223 g/mol. The van der Waals surface area contributed by atoms with Crippen LogP contribution in [-0.4, -0.2) is 39.5 Å². The average molecular weight is 223 g/mol. The molecule has 2 heterocycles. The largest absolute Gasteiger partial charge is 0.382 e. The van der Waals surface area contributed by atoms with E-state index >= 15 is 0 Å². The van der Waals surface area contributed by atoms with Crippen LogP contribution in [0.1, 0.15) is 23.3 Å². The minimum Gasteiger partial charge on any atom is -0.382 e. The lowest BCUT2D eigenvalue weighted by molar-refractivity contribution is -0.121. The number of carbonyl (C=O) groups excluding carboxylic acids is 2. The molecule has 0 spiro atoms. The Morgan fingerprint density at radius 1 is 1.56 bits per heavy atom. The SMILES string of the molecule is NC(=O)C1CCCN1C(=O)c1cc(N)n[nH]1. The number of nitrogens with zero attached hydrogens (tertiary/aromatic N) is 2. The Bertz CT molecular complexity index is 427. The average Bonchev–Trinajstić information content (AvgIpc) is 2.84. The number of primary amides is 1. The Balaban J connectivity index is 2.18. The van der Waals surface area contributed by atoms with Gasteiger partial charge < -0.3 is 16.4 Å². The molecule has 1 saturated heterocycles. The second-order valence-corrected chi connectivity index (χ2v) is 3.77. The molecule has 0 aliphatic carbocycles. The standard InChI is InChI=1S/C9H13N5O2/c10-7-4-5(12-13-7)9(16)14-3-1-2-6(14)8(11)15/h4,6H,1-3H2,(H2,11,15)(H3,10,12,13). The topological polar surface area (TPSA) is 118 Å². The number of hydrogen-bond donors (Lipinski definition) is 3. The van der Waals surface area contributed by atoms with Gasteiger partial charge in [-0.15, -0.1) is 0 Å². The van der Waals surface area contributed by atoms with Crippen LogP contribution in [-0.2, 0) is 4.79 Å². The lowest BCUT2D eigenvalue weighted by Gasteiger charge is -2.21. The summed E-state index contributed by atoms with van der Waals surface area (Å²) < 4.78 is 0. The number of amides is 2. The summed E-state index contributed by atoms with van der Waals surface area (Å²) in [5.41, 5.74) is 10.9. The Morgan fingerprint density at radius 3 is 2.88 bits per heavy atom. The summed E-state index contributed by atoms with van der Waals surface area (Å²) in [6.45, 7) is 0.533. The molecule has 1 aromatic heterocycles. The van der Waals surface area contributed by atoms with Gasteiger partial charge in [0, 0.05) is 12.6 Å². The van der Waals surface area contributed by atoms with Crippen LogP contribution in [0.3, 0.4) is 0 Å². The third-order valence-corrected chi connectivity index (χ3v) is 2.67. The zero-order valence-corrected chi connectivity index (χ0v) is 8.64. The molecule has 0 bridgehead atoms. The first kappa shape index (κ1) is 10.5. The van der Waals surface area contributed by atoms with Crippen LogP contribution in [0.15, 0.2) is 6.07 Å². The summed E-state index contributed by atoms with van der Waals surface area (Å²) in [7, 11) is 0. The highest BCUT2D eigenvalue weighted by Gasteiger charge is 2.33. The number of nitrogens with one attached hydrogen (secondary N) is 1. The second kappa shape index (κ2) is 3.84. The number of hydrogen-bond acceptors (Lipinski definition) is 4. The molecule has 1 aliphatic rings. The van der Waals surface area contributed by atoms with E-state index in [4.69, 9.17) is 11.5 Å². The third-order valence-electron chi connectivity index (χ3n) is 2.67. The number of likely N-dealkylation sites (tertiary alicyclic amines) is 1. The van der Waals surface area contributed by atoms with Crippen molar-refractivity contribution in [2.45, 2.75) is 18.9 Å². The summed E-state index contributed by atoms with van der Waals surface area (Å²) >= 11 is 0. The molecule has 2 rings (SSSR count). The lowest BCUT2D eigenvalue weighted by Crippen LogP contribution is -2.43. The van der Waals surface area contributed by atoms with E-state index in [-0.39, 0.29) is 17.4 Å². The van der Waals surface area contributed by atoms with Gasteiger partial charge in [-0.2, -0.15) is 5.10 Å². The Labute approximate surface area is 91.8 Å². The first-order chi connectivity index (χ1) is 7.59. The molecular weight excluding hydrogens is 210 g/mol. The molecule has 1 fully saturated rings. The molecule has 16 heavy (non-hydrogen) atoms. The summed E-state index contributed by atoms with van der Waals surface area (Å²) in [6.07, 6.45) is 1.40. The molecule has 7 heteroatoms. The number of nitrogen functional groups attached to an aromatic ring is 1. The Hall–Kier alpha value is -2.05. The predicted octanol–water partition coefficient (Wildman–Crippen LogP) is -0.918. The highest BCUT2D eigenvalue weighted by atomic mass is 16.2. The molecule has 0 radical (unpaired) electrons. The van der Waals surface area contributed by atoms with E-state index < -0.39 is 11.9 Å². The van der Waals surface area contributed by atoms with Gasteiger partial charge in [-0.25, -0.2) is 0 Å². The van der Waals surface area contributed by atoms with Gasteiger partial charge in [0.05, 0.1) is 0 Å². The van der Waals surface area contributed by atoms with Crippen molar-refractivity contribution in [1.82, 2.24) is 15.1 Å². The van der Waals surface area contributed by atoms with E-state index in [1.807, 2.05) is 0 Å². The van der Waals surface area contributed by atoms with Gasteiger partial charge in [-0.3, -0.25) is 14.7 Å². The molecule has 2 amide bonds. The van der Waals surface area contributed by atoms with E-state index in [0.717, 1.165) is 6.42 Å². The molecule has 1 aliphatic heterocycles. The van der Waals surface area contributed by atoms with Gasteiger partial charge in [-0.05, 0) is 12.8 Å². The molecule has 86 valence electrons. The second-order valence-electron chi connectivity index (χ2n) is 3.77. The summed E-state index contributed by atoms with van der Waals surface area (Å²) in [5, 5.41) is 6.19. The Morgan fingerprint density at radius 2 is 2.31 bits per heavy atom. The molecule has 7 nitrogen and oxygen atoms in total. The van der Waals surface area contributed by atoms with Crippen LogP contribution in [0.2, 0.25) is 0 Å². The zero-order valence-electron chi connectivity index (χ0n) is 8.64. The highest BCUT2D eigenvalue weighted by Crippen LogP contribution is 2.19. The van der Waals surface area contributed by atoms with Gasteiger partial charge in [0.25, 0.3) is 5.91 Å². The fraction of sp³-hybridized carbons (Fsp3) is 0.444. The summed E-state index contributed by atoms with van der Waals surface area (Å²) in [4.78, 5) is 24.6. The normalized spacial score (nSPS) is 20.0. The minimum absolute atomic E-state index is 0.248. The van der Waals surface area contributed by atoms with Crippen LogP contribution < -0.4 is 11.5 Å². The van der Waals surface area contributed by atoms with Gasteiger partial charge in [0.1, 0.15) is 17.6 Å². The quantitative estimate of drug-likeness (QED) is 0.600. The molecule has 0 aromatic carbocycles. The van der Waals surface area contributed by atoms with E-state index in [9.17, 15) is 9.59 Å². The van der Waals surface area contributed by atoms with E-state index in [2.05, 4.69) is 10.2 Å². The zero-order chi connectivity index (χ0) is 11.7. The van der Waals surface area contributed by atoms with Crippen molar-refractivity contribution < 1.29 is 9.59 Å². The molecule has 1 atom stereocenters. The van der Waals surface area contributed by atoms with Gasteiger partial charge >= 0.3 is 0 Å². The van der Waals surface area contributed by atoms with Crippen molar-refractivity contribution in [3.63, 3.8) is 0 Å². The van der Waals surface area contributed by atoms with Crippen molar-refractivity contribution >= 4 is 17.6 Å². The number of anilines is 1. The number of rotatable bonds is 2. The maximum Gasteiger partial charge on any atom is 0.272 e. The van der Waals surface area contributed by atoms with Crippen LogP contribution in [0.5, 0.6) is 0 Å². The number of H-pyrrole nitrogens is 1. The minimum atomic E-state index is -0.517. The van der Waals surface area contributed by atoms with Gasteiger partial charge in [0.15, 0.2) is 0 Å². The van der Waals surface area contributed by atoms with Crippen LogP contribution in [0.25, 0.3) is 0 Å². The predicted molar refractivity (Wildman–Crippen MR) is 56.3 cm³/mol. The highest BCUT2D eigenvalue weighted by molar-refractivity contribution is 5.96. The Kier molecular flexibility index (Phi) is 2.51. The fourth-order valence-electron chi connectivity index (χ4n) is 1.91. The maximum atomic E-state index is 12.0. The maximum absolute atomic E-state index is 12.0. The van der Waals surface area contributed by atoms with Crippen molar-refractivity contribution in [1.29, 1.82) is 0 Å². The first-order valence-corrected chi connectivity index (χ1v) is 5.01. The smallest absolute Gasteiger partial charge is 0.272 e. The lowest BCUT2D eigenvalue weighted by atomic mass is 10.2. The summed E-state index contributed by atoms with van der Waals surface area (Å²) in [5.74, 6) is -0.512. The summed E-state index contributed by atoms with van der Waals surface area (Å²) in [6, 6.07) is 0.927. The van der Waals surface area contributed by atoms with Crippen LogP contribution in [0, 0.1) is 0 Å². The fourth-order valence-corrected chi connectivity index (χ4v) is 1.91. The molecule has 1 unspecified atom stereocenters. The van der Waals surface area contributed by atoms with Crippen molar-refractivity contribution in [2.24, 2.45) is 5.73 Å². The van der Waals surface area contributed by atoms with Crippen molar-refractivity contribution in [3.05, 3.63) is 11.8 Å². The number of aromatic nitrogens is 2. The van der Waals surface area contributed by atoms with E-state index in [1.54, 1.807) is 0 Å². The molecule has 0 saturated carbocycles. The van der Waals surface area contributed by atoms with Gasteiger partial charge in [-0.1, -0.05) is 0 Å². The molecule has 1 aromatic rings. The molecule has 5 N–H and O–H groups in total. The van der Waals surface area contributed by atoms with E-state index in [0.29, 0.717) is 13.0 Å². The number of carbonyl (C=O) groups is 2. The molecular formula is C9H13N5O2. The number of nitrogens with two attached hydrogens (primary N) is 2. The number of aromatic amines is 1. The van der Waals surface area contributed by atoms with Crippen LogP contribution in [0.4, 0.5) is 5.82 Å². The van der Waals surface area contributed by atoms with Gasteiger partial charge in [0.2, 0.25) is 5.91 Å². The third kappa shape index (κ3) is 1.71. The van der Waals surface area contributed by atoms with Crippen LogP contribution >= 0.6 is 0 Å². The van der Waals surface area contributed by atoms with E-state index in [1.165, 1.54) is 11.0 Å². The van der Waals surface area contributed by atoms with Crippen molar-refractivity contribution in [2.75, 3.05) is 12.3 Å².